The molecule has 10 nitrogen and oxygen atoms in total. The number of aliphatic carboxylic acids is 2. The summed E-state index contributed by atoms with van der Waals surface area (Å²) in [6.45, 7) is 2.53. The van der Waals surface area contributed by atoms with Crippen LogP contribution in [0.2, 0.25) is 0 Å². The number of benzene rings is 2. The number of carbonyl (C=O) groups is 2. The molecule has 0 amide bonds. The van der Waals surface area contributed by atoms with Gasteiger partial charge >= 0.3 is 11.9 Å². The average Bonchev–Trinajstić information content (AvgIpc) is 3.08. The first kappa shape index (κ1) is 22.1. The van der Waals surface area contributed by atoms with Gasteiger partial charge < -0.3 is 20.1 Å². The molecule has 3 rings (SSSR count). The molecule has 0 saturated heterocycles. The Kier molecular flexibility index (Phi) is 7.23. The van der Waals surface area contributed by atoms with Crippen LogP contribution in [0.25, 0.3) is 11.3 Å². The van der Waals surface area contributed by atoms with Crippen molar-refractivity contribution in [1.29, 1.82) is 0 Å². The average molecular weight is 412 g/mol. The van der Waals surface area contributed by atoms with E-state index in [1.807, 2.05) is 23.9 Å². The number of hydrogen-bond donors (Lipinski definition) is 3. The highest BCUT2D eigenvalue weighted by atomic mass is 16.6. The zero-order chi connectivity index (χ0) is 22.3. The lowest BCUT2D eigenvalue weighted by Gasteiger charge is -2.09. The number of carboxylic acid groups (broad SMARTS) is 2. The second kappa shape index (κ2) is 9.82. The molecule has 0 aliphatic carbocycles. The first-order valence-electron chi connectivity index (χ1n) is 8.71. The molecule has 30 heavy (non-hydrogen) atoms. The van der Waals surface area contributed by atoms with E-state index in [0.29, 0.717) is 6.54 Å². The summed E-state index contributed by atoms with van der Waals surface area (Å²) in [7, 11) is 1.94. The van der Waals surface area contributed by atoms with Crippen LogP contribution in [0.1, 0.15) is 11.1 Å². The lowest BCUT2D eigenvalue weighted by molar-refractivity contribution is -0.384. The second-order valence-corrected chi connectivity index (χ2v) is 6.28. The highest BCUT2D eigenvalue weighted by Crippen LogP contribution is 2.23. The molecule has 10 heteroatoms. The predicted molar refractivity (Wildman–Crippen MR) is 109 cm³/mol. The fraction of sp³-hybridized carbons (Fsp3) is 0.150. The number of carboxylic acids is 2. The van der Waals surface area contributed by atoms with E-state index in [1.54, 1.807) is 12.1 Å². The molecule has 0 atom stereocenters. The van der Waals surface area contributed by atoms with Crippen LogP contribution >= 0.6 is 0 Å². The Labute approximate surface area is 171 Å². The fourth-order valence-electron chi connectivity index (χ4n) is 2.53. The number of rotatable bonds is 5. The number of anilines is 1. The summed E-state index contributed by atoms with van der Waals surface area (Å²) >= 11 is 0. The van der Waals surface area contributed by atoms with E-state index in [0.717, 1.165) is 22.8 Å². The van der Waals surface area contributed by atoms with Crippen molar-refractivity contribution >= 4 is 23.6 Å². The van der Waals surface area contributed by atoms with Crippen molar-refractivity contribution in [1.82, 2.24) is 9.55 Å². The lowest BCUT2D eigenvalue weighted by atomic mass is 10.1. The molecule has 0 aliphatic rings. The van der Waals surface area contributed by atoms with E-state index in [2.05, 4.69) is 41.5 Å². The summed E-state index contributed by atoms with van der Waals surface area (Å²) in [5.74, 6) is -2.93. The molecule has 156 valence electrons. The molecule has 0 radical (unpaired) electrons. The normalized spacial score (nSPS) is 9.93. The van der Waals surface area contributed by atoms with Crippen LogP contribution in [0.4, 0.5) is 11.6 Å². The standard InChI is InChI=1S/C18H18N4O2.C2H2O4/c1-13-6-8-15(9-7-13)17-12-20-18(21(17)2)19-11-14-4-3-5-16(10-14)22(23)24;3-1(4)2(5)6/h3-10,12H,11H2,1-2H3,(H,19,20);(H,3,4)(H,5,6). The van der Waals surface area contributed by atoms with Crippen LogP contribution in [0, 0.1) is 17.0 Å². The molecule has 3 N–H and O–H groups in total. The van der Waals surface area contributed by atoms with Crippen molar-refractivity contribution in [3.63, 3.8) is 0 Å². The molecule has 3 aromatic rings. The molecule has 1 aromatic heterocycles. The van der Waals surface area contributed by atoms with Crippen LogP contribution in [0.3, 0.4) is 0 Å². The third-order valence-corrected chi connectivity index (χ3v) is 4.09. The molecule has 0 aliphatic heterocycles. The monoisotopic (exact) mass is 412 g/mol. The number of imidazole rings is 1. The zero-order valence-corrected chi connectivity index (χ0v) is 16.3. The van der Waals surface area contributed by atoms with E-state index >= 15 is 0 Å². The van der Waals surface area contributed by atoms with Gasteiger partial charge in [-0.1, -0.05) is 42.0 Å². The first-order chi connectivity index (χ1) is 14.2. The van der Waals surface area contributed by atoms with E-state index in [1.165, 1.54) is 11.6 Å². The third kappa shape index (κ3) is 5.89. The minimum Gasteiger partial charge on any atom is -0.473 e. The molecule has 0 spiro atoms. The van der Waals surface area contributed by atoms with Gasteiger partial charge in [0.15, 0.2) is 0 Å². The molecular formula is C20H20N4O6. The molecular weight excluding hydrogens is 392 g/mol. The number of nitro groups is 1. The van der Waals surface area contributed by atoms with E-state index in [4.69, 9.17) is 19.8 Å². The maximum Gasteiger partial charge on any atom is 0.414 e. The predicted octanol–water partition coefficient (Wildman–Crippen LogP) is 3.07. The van der Waals surface area contributed by atoms with Crippen molar-refractivity contribution in [2.75, 3.05) is 5.32 Å². The number of nitro benzene ring substituents is 1. The molecule has 0 saturated carbocycles. The van der Waals surface area contributed by atoms with Crippen LogP contribution in [0.5, 0.6) is 0 Å². The van der Waals surface area contributed by atoms with Gasteiger partial charge in [0.1, 0.15) is 0 Å². The van der Waals surface area contributed by atoms with E-state index < -0.39 is 11.9 Å². The van der Waals surface area contributed by atoms with Gasteiger partial charge in [-0.15, -0.1) is 0 Å². The zero-order valence-electron chi connectivity index (χ0n) is 16.3. The van der Waals surface area contributed by atoms with Crippen molar-refractivity contribution in [3.8, 4) is 11.3 Å². The van der Waals surface area contributed by atoms with Gasteiger partial charge in [-0.05, 0) is 18.1 Å². The second-order valence-electron chi connectivity index (χ2n) is 6.28. The van der Waals surface area contributed by atoms with Gasteiger partial charge in [-0.25, -0.2) is 14.6 Å². The Morgan fingerprint density at radius 3 is 2.33 bits per heavy atom. The Morgan fingerprint density at radius 1 is 1.13 bits per heavy atom. The third-order valence-electron chi connectivity index (χ3n) is 4.09. The number of aryl methyl sites for hydroxylation is 1. The minimum absolute atomic E-state index is 0.0921. The summed E-state index contributed by atoms with van der Waals surface area (Å²) in [5.41, 5.74) is 4.25. The Balaban J connectivity index is 0.000000469. The SMILES string of the molecule is Cc1ccc(-c2cnc(NCc3cccc([N+](=O)[O-])c3)n2C)cc1.O=C(O)C(=O)O. The highest BCUT2D eigenvalue weighted by molar-refractivity contribution is 6.27. The topological polar surface area (TPSA) is 148 Å². The highest BCUT2D eigenvalue weighted by Gasteiger charge is 2.10. The van der Waals surface area contributed by atoms with Gasteiger partial charge in [0.05, 0.1) is 16.8 Å². The van der Waals surface area contributed by atoms with Crippen molar-refractivity contribution in [2.45, 2.75) is 13.5 Å². The van der Waals surface area contributed by atoms with Gasteiger partial charge in [0.25, 0.3) is 5.69 Å². The summed E-state index contributed by atoms with van der Waals surface area (Å²) in [4.78, 5) is 33.0. The van der Waals surface area contributed by atoms with Crippen molar-refractivity contribution in [3.05, 3.63) is 76.0 Å². The molecule has 0 bridgehead atoms. The van der Waals surface area contributed by atoms with Crippen molar-refractivity contribution < 1.29 is 24.7 Å². The van der Waals surface area contributed by atoms with E-state index in [-0.39, 0.29) is 10.6 Å². The maximum atomic E-state index is 10.8. The van der Waals surface area contributed by atoms with E-state index in [9.17, 15) is 10.1 Å². The number of hydrogen-bond acceptors (Lipinski definition) is 6. The smallest absolute Gasteiger partial charge is 0.414 e. The summed E-state index contributed by atoms with van der Waals surface area (Å²) < 4.78 is 1.97. The van der Waals surface area contributed by atoms with Crippen LogP contribution in [-0.2, 0) is 23.2 Å². The Hall–Kier alpha value is -4.21. The quantitative estimate of drug-likeness (QED) is 0.329. The maximum absolute atomic E-state index is 10.8. The Bertz CT molecular complexity index is 1050. The van der Waals surface area contributed by atoms with Crippen LogP contribution in [0.15, 0.2) is 54.7 Å². The molecule has 1 heterocycles. The van der Waals surface area contributed by atoms with Gasteiger partial charge in [0, 0.05) is 25.7 Å². The van der Waals surface area contributed by atoms with Crippen molar-refractivity contribution in [2.24, 2.45) is 7.05 Å². The minimum atomic E-state index is -1.82. The van der Waals surface area contributed by atoms with Gasteiger partial charge in [-0.3, -0.25) is 10.1 Å². The van der Waals surface area contributed by atoms with Crippen LogP contribution in [-0.4, -0.2) is 36.6 Å². The number of nitrogens with zero attached hydrogens (tertiary/aromatic N) is 3. The first-order valence-corrected chi connectivity index (χ1v) is 8.71. The molecule has 2 aromatic carbocycles. The van der Waals surface area contributed by atoms with Gasteiger partial charge in [-0.2, -0.15) is 0 Å². The summed E-state index contributed by atoms with van der Waals surface area (Å²) in [6, 6.07) is 14.9. The Morgan fingerprint density at radius 2 is 1.77 bits per heavy atom. The van der Waals surface area contributed by atoms with Gasteiger partial charge in [0.2, 0.25) is 5.95 Å². The summed E-state index contributed by atoms with van der Waals surface area (Å²) in [5, 5.41) is 28.8. The largest absolute Gasteiger partial charge is 0.473 e. The number of nitrogens with one attached hydrogen (secondary N) is 1. The lowest BCUT2D eigenvalue weighted by Crippen LogP contribution is -2.09. The summed E-state index contributed by atoms with van der Waals surface area (Å²) in [6.07, 6.45) is 1.82. The van der Waals surface area contributed by atoms with Crippen LogP contribution < -0.4 is 5.32 Å². The molecule has 0 unspecified atom stereocenters. The fourth-order valence-corrected chi connectivity index (χ4v) is 2.53. The number of aromatic nitrogens is 2. The molecule has 0 fully saturated rings. The number of non-ortho nitro benzene ring substituents is 1.